The quantitative estimate of drug-likeness (QED) is 0.910. The number of nitrogens with zero attached hydrogens (tertiary/aromatic N) is 3. The Morgan fingerprint density at radius 2 is 2.05 bits per heavy atom. The summed E-state index contributed by atoms with van der Waals surface area (Å²) in [5, 5.41) is 4.27. The molecule has 0 fully saturated rings. The average molecular weight is 272 g/mol. The third-order valence-electron chi connectivity index (χ3n) is 3.66. The molecule has 2 aromatic rings. The molecule has 0 aliphatic rings. The fourth-order valence-electron chi connectivity index (χ4n) is 2.60. The Morgan fingerprint density at radius 1 is 1.30 bits per heavy atom. The molecular weight excluding hydrogens is 248 g/mol. The molecular formula is C16H24N4. The van der Waals surface area contributed by atoms with Crippen molar-refractivity contribution in [2.45, 2.75) is 52.6 Å². The zero-order valence-electron chi connectivity index (χ0n) is 12.8. The van der Waals surface area contributed by atoms with Gasteiger partial charge in [0.15, 0.2) is 0 Å². The van der Waals surface area contributed by atoms with Gasteiger partial charge in [-0.3, -0.25) is 4.68 Å². The molecule has 0 saturated carbocycles. The summed E-state index contributed by atoms with van der Waals surface area (Å²) in [6, 6.07) is 6.43. The molecule has 108 valence electrons. The largest absolute Gasteiger partial charge is 0.321 e. The minimum atomic E-state index is -0.436. The molecule has 20 heavy (non-hydrogen) atoms. The van der Waals surface area contributed by atoms with Crippen LogP contribution in [0.15, 0.2) is 24.5 Å². The molecule has 0 aliphatic carbocycles. The maximum atomic E-state index is 6.58. The maximum absolute atomic E-state index is 6.58. The lowest BCUT2D eigenvalue weighted by molar-refractivity contribution is 0.449. The molecule has 1 atom stereocenters. The van der Waals surface area contributed by atoms with E-state index in [4.69, 9.17) is 5.73 Å². The van der Waals surface area contributed by atoms with Crippen molar-refractivity contribution in [3.8, 4) is 0 Å². The van der Waals surface area contributed by atoms with Gasteiger partial charge in [-0.25, -0.2) is 4.98 Å². The number of aryl methyl sites for hydroxylation is 3. The second-order valence-electron chi connectivity index (χ2n) is 5.81. The summed E-state index contributed by atoms with van der Waals surface area (Å²) in [6.07, 6.45) is 3.35. The van der Waals surface area contributed by atoms with Crippen LogP contribution in [0.5, 0.6) is 0 Å². The maximum Gasteiger partial charge on any atom is 0.138 e. The third-order valence-corrected chi connectivity index (χ3v) is 3.66. The number of hydrogen-bond acceptors (Lipinski definition) is 3. The third kappa shape index (κ3) is 3.07. The van der Waals surface area contributed by atoms with Crippen molar-refractivity contribution in [1.29, 1.82) is 0 Å². The number of rotatable bonds is 5. The predicted molar refractivity (Wildman–Crippen MR) is 81.5 cm³/mol. The lowest BCUT2D eigenvalue weighted by Crippen LogP contribution is -2.37. The van der Waals surface area contributed by atoms with Crippen LogP contribution >= 0.6 is 0 Å². The lowest BCUT2D eigenvalue weighted by atomic mass is 9.85. The van der Waals surface area contributed by atoms with Crippen LogP contribution in [0.25, 0.3) is 0 Å². The first-order chi connectivity index (χ1) is 9.44. The van der Waals surface area contributed by atoms with E-state index in [-0.39, 0.29) is 0 Å². The summed E-state index contributed by atoms with van der Waals surface area (Å²) in [6.45, 7) is 9.30. The Bertz CT molecular complexity index is 584. The van der Waals surface area contributed by atoms with Crippen molar-refractivity contribution in [3.05, 3.63) is 47.0 Å². The van der Waals surface area contributed by atoms with Gasteiger partial charge >= 0.3 is 0 Å². The van der Waals surface area contributed by atoms with Gasteiger partial charge in [-0.1, -0.05) is 30.7 Å². The van der Waals surface area contributed by atoms with E-state index in [1.807, 2.05) is 4.68 Å². The van der Waals surface area contributed by atoms with Crippen LogP contribution in [-0.4, -0.2) is 14.8 Å². The normalized spacial score (nSPS) is 14.2. The average Bonchev–Trinajstić information content (AvgIpc) is 2.79. The van der Waals surface area contributed by atoms with Crippen molar-refractivity contribution < 1.29 is 0 Å². The molecule has 0 saturated heterocycles. The van der Waals surface area contributed by atoms with Crippen molar-refractivity contribution in [1.82, 2.24) is 14.8 Å². The van der Waals surface area contributed by atoms with E-state index >= 15 is 0 Å². The Morgan fingerprint density at radius 3 is 2.75 bits per heavy atom. The Kier molecular flexibility index (Phi) is 4.23. The van der Waals surface area contributed by atoms with E-state index in [1.54, 1.807) is 6.33 Å². The molecule has 0 aliphatic heterocycles. The first-order valence-electron chi connectivity index (χ1n) is 7.17. The molecule has 2 N–H and O–H groups in total. The topological polar surface area (TPSA) is 56.7 Å². The van der Waals surface area contributed by atoms with Gasteiger partial charge in [-0.15, -0.1) is 0 Å². The number of hydrogen-bond donors (Lipinski definition) is 1. The first kappa shape index (κ1) is 14.7. The van der Waals surface area contributed by atoms with Crippen molar-refractivity contribution >= 4 is 0 Å². The molecule has 0 bridgehead atoms. The molecule has 1 aromatic heterocycles. The molecule has 4 nitrogen and oxygen atoms in total. The van der Waals surface area contributed by atoms with Crippen LogP contribution in [0, 0.1) is 13.8 Å². The summed E-state index contributed by atoms with van der Waals surface area (Å²) in [7, 11) is 0. The second-order valence-corrected chi connectivity index (χ2v) is 5.81. The van der Waals surface area contributed by atoms with E-state index in [0.717, 1.165) is 18.8 Å². The van der Waals surface area contributed by atoms with Crippen LogP contribution in [0.4, 0.5) is 0 Å². The van der Waals surface area contributed by atoms with Crippen LogP contribution in [0.1, 0.15) is 42.8 Å². The summed E-state index contributed by atoms with van der Waals surface area (Å²) in [5.74, 6) is 0.956. The summed E-state index contributed by atoms with van der Waals surface area (Å²) in [5.41, 5.74) is 9.79. The Hall–Kier alpha value is -1.68. The van der Waals surface area contributed by atoms with Gasteiger partial charge in [0, 0.05) is 18.5 Å². The van der Waals surface area contributed by atoms with Crippen molar-refractivity contribution in [2.24, 2.45) is 5.73 Å². The molecule has 1 unspecified atom stereocenters. The Balaban J connectivity index is 2.30. The highest BCUT2D eigenvalue weighted by Crippen LogP contribution is 2.26. The zero-order chi connectivity index (χ0) is 14.8. The molecule has 0 amide bonds. The fourth-order valence-corrected chi connectivity index (χ4v) is 2.60. The Labute approximate surface area is 121 Å². The van der Waals surface area contributed by atoms with Gasteiger partial charge in [0.25, 0.3) is 0 Å². The van der Waals surface area contributed by atoms with Crippen molar-refractivity contribution in [3.63, 3.8) is 0 Å². The number of benzene rings is 1. The van der Waals surface area contributed by atoms with Crippen LogP contribution < -0.4 is 5.73 Å². The molecule has 0 radical (unpaired) electrons. The first-order valence-corrected chi connectivity index (χ1v) is 7.17. The highest BCUT2D eigenvalue weighted by Gasteiger charge is 2.26. The van der Waals surface area contributed by atoms with Gasteiger partial charge in [0.1, 0.15) is 12.2 Å². The van der Waals surface area contributed by atoms with E-state index in [1.165, 1.54) is 16.7 Å². The van der Waals surface area contributed by atoms with Crippen LogP contribution in [0.3, 0.4) is 0 Å². The molecule has 1 aromatic carbocycles. The van der Waals surface area contributed by atoms with Crippen LogP contribution in [0.2, 0.25) is 0 Å². The predicted octanol–water partition coefficient (Wildman–Crippen LogP) is 2.72. The van der Waals surface area contributed by atoms with Gasteiger partial charge < -0.3 is 5.73 Å². The highest BCUT2D eigenvalue weighted by atomic mass is 15.3. The SMILES string of the molecule is CCCn1ncnc1CC(C)(N)c1cc(C)ccc1C. The van der Waals surface area contributed by atoms with Crippen molar-refractivity contribution in [2.75, 3.05) is 0 Å². The van der Waals surface area contributed by atoms with Crippen LogP contribution in [-0.2, 0) is 18.5 Å². The smallest absolute Gasteiger partial charge is 0.138 e. The molecule has 1 heterocycles. The van der Waals surface area contributed by atoms with Gasteiger partial charge in [0.2, 0.25) is 0 Å². The zero-order valence-corrected chi connectivity index (χ0v) is 12.8. The minimum absolute atomic E-state index is 0.436. The molecule has 0 spiro atoms. The highest BCUT2D eigenvalue weighted by molar-refractivity contribution is 5.36. The standard InChI is InChI=1S/C16H24N4/c1-5-8-20-15(18-11-19-20)10-16(4,17)14-9-12(2)6-7-13(14)3/h6-7,9,11H,5,8,10,17H2,1-4H3. The van der Waals surface area contributed by atoms with E-state index in [9.17, 15) is 0 Å². The monoisotopic (exact) mass is 272 g/mol. The number of aromatic nitrogens is 3. The fraction of sp³-hybridized carbons (Fsp3) is 0.500. The van der Waals surface area contributed by atoms with E-state index < -0.39 is 5.54 Å². The second kappa shape index (κ2) is 5.75. The van der Waals surface area contributed by atoms with Gasteiger partial charge in [-0.05, 0) is 38.3 Å². The summed E-state index contributed by atoms with van der Waals surface area (Å²) in [4.78, 5) is 4.37. The van der Waals surface area contributed by atoms with Gasteiger partial charge in [0.05, 0.1) is 0 Å². The van der Waals surface area contributed by atoms with E-state index in [0.29, 0.717) is 6.42 Å². The van der Waals surface area contributed by atoms with E-state index in [2.05, 4.69) is 56.0 Å². The molecule has 2 rings (SSSR count). The summed E-state index contributed by atoms with van der Waals surface area (Å²) < 4.78 is 1.95. The summed E-state index contributed by atoms with van der Waals surface area (Å²) >= 11 is 0. The minimum Gasteiger partial charge on any atom is -0.321 e. The number of nitrogens with two attached hydrogens (primary N) is 1. The molecule has 4 heteroatoms. The lowest BCUT2D eigenvalue weighted by Gasteiger charge is -2.27. The van der Waals surface area contributed by atoms with Gasteiger partial charge in [-0.2, -0.15) is 5.10 Å².